The van der Waals surface area contributed by atoms with Crippen LogP contribution in [0.5, 0.6) is 0 Å². The Labute approximate surface area is 256 Å². The van der Waals surface area contributed by atoms with Crippen molar-refractivity contribution in [3.63, 3.8) is 0 Å². The number of hydrogen-bond donors (Lipinski definition) is 0. The second kappa shape index (κ2) is 11.4. The van der Waals surface area contributed by atoms with Crippen LogP contribution in [0.2, 0.25) is 10.0 Å². The van der Waals surface area contributed by atoms with Gasteiger partial charge in [0.15, 0.2) is 4.80 Å². The number of thiazole rings is 1. The number of hydrogen-bond acceptors (Lipinski definition) is 5. The Morgan fingerprint density at radius 1 is 1.05 bits per heavy atom. The first-order valence-corrected chi connectivity index (χ1v) is 15.1. The predicted octanol–water partition coefficient (Wildman–Crippen LogP) is 6.42. The van der Waals surface area contributed by atoms with Gasteiger partial charge in [0.1, 0.15) is 6.04 Å². The van der Waals surface area contributed by atoms with Crippen molar-refractivity contribution in [3.05, 3.63) is 136 Å². The number of benzene rings is 3. The number of carbonyl (C=O) groups excluding carboxylic acids is 1. The number of fused-ring (bicyclic) bond motifs is 2. The molecule has 9 heteroatoms. The van der Waals surface area contributed by atoms with Gasteiger partial charge in [-0.25, -0.2) is 9.79 Å². The van der Waals surface area contributed by atoms with Crippen LogP contribution in [0.15, 0.2) is 93.9 Å². The monoisotopic (exact) mass is 615 g/mol. The van der Waals surface area contributed by atoms with Gasteiger partial charge >= 0.3 is 5.97 Å². The van der Waals surface area contributed by atoms with Crippen molar-refractivity contribution >= 4 is 57.5 Å². The third-order valence-corrected chi connectivity index (χ3v) is 9.06. The molecule has 1 aliphatic heterocycles. The lowest BCUT2D eigenvalue weighted by atomic mass is 9.96. The molecular formula is C33H27Cl2N3O3S. The third-order valence-electron chi connectivity index (χ3n) is 7.50. The summed E-state index contributed by atoms with van der Waals surface area (Å²) >= 11 is 14.2. The molecule has 42 heavy (non-hydrogen) atoms. The Morgan fingerprint density at radius 3 is 2.57 bits per heavy atom. The summed E-state index contributed by atoms with van der Waals surface area (Å²) in [4.78, 5) is 32.5. The first-order valence-electron chi connectivity index (χ1n) is 13.5. The minimum absolute atomic E-state index is 0.202. The molecule has 0 spiro atoms. The van der Waals surface area contributed by atoms with E-state index in [0.29, 0.717) is 42.8 Å². The summed E-state index contributed by atoms with van der Waals surface area (Å²) in [6, 6.07) is 22.5. The van der Waals surface area contributed by atoms with E-state index >= 15 is 0 Å². The first kappa shape index (κ1) is 28.2. The quantitative estimate of drug-likeness (QED) is 0.207. The van der Waals surface area contributed by atoms with Crippen LogP contribution in [0.4, 0.5) is 0 Å². The molecule has 6 nitrogen and oxygen atoms in total. The number of ether oxygens (including phenoxy) is 1. The number of esters is 1. The van der Waals surface area contributed by atoms with E-state index in [1.807, 2.05) is 54.6 Å². The van der Waals surface area contributed by atoms with Crippen molar-refractivity contribution in [3.8, 4) is 0 Å². The fourth-order valence-corrected chi connectivity index (χ4v) is 7.06. The van der Waals surface area contributed by atoms with Crippen molar-refractivity contribution < 1.29 is 9.53 Å². The summed E-state index contributed by atoms with van der Waals surface area (Å²) in [5, 5.41) is 2.18. The van der Waals surface area contributed by atoms with Gasteiger partial charge in [0.05, 0.1) is 22.4 Å². The van der Waals surface area contributed by atoms with Gasteiger partial charge < -0.3 is 9.30 Å². The molecule has 0 N–H and O–H groups in total. The van der Waals surface area contributed by atoms with Gasteiger partial charge in [0, 0.05) is 38.8 Å². The SMILES string of the molecule is CCOC(=O)C1=C(C)N=c2s/c(=C\c3c(C)n(Cc4cccc(Cl)c4)c4ccccc34)c(=O)n2[C@H]1c1ccccc1Cl. The summed E-state index contributed by atoms with van der Waals surface area (Å²) in [7, 11) is 0. The van der Waals surface area contributed by atoms with E-state index in [-0.39, 0.29) is 12.2 Å². The Hall–Kier alpha value is -3.91. The van der Waals surface area contributed by atoms with E-state index in [1.165, 1.54) is 11.3 Å². The van der Waals surface area contributed by atoms with Crippen LogP contribution in [0.3, 0.4) is 0 Å². The number of aromatic nitrogens is 2. The highest BCUT2D eigenvalue weighted by Crippen LogP contribution is 2.34. The number of carbonyl (C=O) groups is 1. The first-order chi connectivity index (χ1) is 20.3. The maximum atomic E-state index is 14.2. The molecule has 1 aliphatic rings. The van der Waals surface area contributed by atoms with Crippen LogP contribution in [-0.2, 0) is 16.1 Å². The second-order valence-electron chi connectivity index (χ2n) is 10.1. The summed E-state index contributed by atoms with van der Waals surface area (Å²) < 4.78 is 9.71. The van der Waals surface area contributed by atoms with Gasteiger partial charge in [-0.15, -0.1) is 0 Å². The van der Waals surface area contributed by atoms with Crippen LogP contribution in [0.25, 0.3) is 17.0 Å². The molecule has 212 valence electrons. The molecule has 0 unspecified atom stereocenters. The predicted molar refractivity (Wildman–Crippen MR) is 169 cm³/mol. The van der Waals surface area contributed by atoms with Crippen LogP contribution >= 0.6 is 34.5 Å². The molecule has 3 aromatic carbocycles. The molecule has 0 saturated heterocycles. The van der Waals surface area contributed by atoms with Crippen molar-refractivity contribution in [1.82, 2.24) is 9.13 Å². The van der Waals surface area contributed by atoms with E-state index in [1.54, 1.807) is 24.5 Å². The van der Waals surface area contributed by atoms with Gasteiger partial charge in [-0.3, -0.25) is 9.36 Å². The molecule has 0 saturated carbocycles. The van der Waals surface area contributed by atoms with Gasteiger partial charge in [-0.05, 0) is 62.2 Å². The number of halogens is 2. The zero-order chi connectivity index (χ0) is 29.5. The Bertz CT molecular complexity index is 2090. The molecule has 0 bridgehead atoms. The molecule has 0 fully saturated rings. The van der Waals surface area contributed by atoms with Gasteiger partial charge in [-0.2, -0.15) is 0 Å². The zero-order valence-electron chi connectivity index (χ0n) is 23.2. The van der Waals surface area contributed by atoms with E-state index in [2.05, 4.69) is 29.7 Å². The highest BCUT2D eigenvalue weighted by Gasteiger charge is 2.34. The lowest BCUT2D eigenvalue weighted by Crippen LogP contribution is -2.40. The molecule has 6 rings (SSSR count). The van der Waals surface area contributed by atoms with Crippen molar-refractivity contribution in [2.24, 2.45) is 4.99 Å². The molecule has 0 amide bonds. The Balaban J connectivity index is 1.56. The lowest BCUT2D eigenvalue weighted by molar-refractivity contribution is -0.139. The Kier molecular flexibility index (Phi) is 7.66. The van der Waals surface area contributed by atoms with Gasteiger partial charge in [-0.1, -0.05) is 83.1 Å². The number of para-hydroxylation sites is 1. The summed E-state index contributed by atoms with van der Waals surface area (Å²) in [5.41, 5.74) is 5.31. The van der Waals surface area contributed by atoms with Gasteiger partial charge in [0.25, 0.3) is 5.56 Å². The molecule has 1 atom stereocenters. The van der Waals surface area contributed by atoms with Crippen LogP contribution in [-0.4, -0.2) is 21.7 Å². The minimum Gasteiger partial charge on any atom is -0.463 e. The van der Waals surface area contributed by atoms with E-state index in [4.69, 9.17) is 32.9 Å². The molecular weight excluding hydrogens is 589 g/mol. The fraction of sp³-hybridized carbons (Fsp3) is 0.182. The van der Waals surface area contributed by atoms with Crippen LogP contribution < -0.4 is 14.9 Å². The van der Waals surface area contributed by atoms with E-state index in [9.17, 15) is 9.59 Å². The van der Waals surface area contributed by atoms with Crippen LogP contribution in [0, 0.1) is 6.92 Å². The highest BCUT2D eigenvalue weighted by atomic mass is 35.5. The molecule has 0 aliphatic carbocycles. The summed E-state index contributed by atoms with van der Waals surface area (Å²) in [6.45, 7) is 6.41. The molecule has 3 heterocycles. The van der Waals surface area contributed by atoms with Gasteiger partial charge in [0.2, 0.25) is 0 Å². The minimum atomic E-state index is -0.763. The molecule has 0 radical (unpaired) electrons. The van der Waals surface area contributed by atoms with Crippen molar-refractivity contribution in [2.45, 2.75) is 33.4 Å². The Morgan fingerprint density at radius 2 is 1.81 bits per heavy atom. The number of allylic oxidation sites excluding steroid dienone is 1. The smallest absolute Gasteiger partial charge is 0.338 e. The van der Waals surface area contributed by atoms with E-state index in [0.717, 1.165) is 27.7 Å². The average Bonchev–Trinajstić information content (AvgIpc) is 3.41. The maximum absolute atomic E-state index is 14.2. The normalized spacial score (nSPS) is 15.2. The molecule has 2 aromatic heterocycles. The van der Waals surface area contributed by atoms with Crippen molar-refractivity contribution in [1.29, 1.82) is 0 Å². The largest absolute Gasteiger partial charge is 0.463 e. The topological polar surface area (TPSA) is 65.6 Å². The molecule has 5 aromatic rings. The van der Waals surface area contributed by atoms with Crippen LogP contribution in [0.1, 0.15) is 42.3 Å². The summed E-state index contributed by atoms with van der Waals surface area (Å²) in [6.07, 6.45) is 1.93. The fourth-order valence-electron chi connectivity index (χ4n) is 5.58. The second-order valence-corrected chi connectivity index (χ2v) is 11.9. The maximum Gasteiger partial charge on any atom is 0.338 e. The zero-order valence-corrected chi connectivity index (χ0v) is 25.6. The summed E-state index contributed by atoms with van der Waals surface area (Å²) in [5.74, 6) is -0.516. The number of rotatable bonds is 6. The standard InChI is InChI=1S/C33H27Cl2N3O3S/c1-4-41-32(40)29-19(2)36-33-38(30(29)24-13-5-7-14-26(24)35)31(39)28(42-33)17-25-20(3)37(27-15-8-6-12-23(25)27)18-21-10-9-11-22(34)16-21/h5-17,30H,4,18H2,1-3H3/b28-17-/t30-/m0/s1. The highest BCUT2D eigenvalue weighted by molar-refractivity contribution is 7.07. The van der Waals surface area contributed by atoms with Crippen molar-refractivity contribution in [2.75, 3.05) is 6.61 Å². The lowest BCUT2D eigenvalue weighted by Gasteiger charge is -2.25. The third kappa shape index (κ3) is 4.91. The number of nitrogens with zero attached hydrogens (tertiary/aromatic N) is 3. The average molecular weight is 617 g/mol. The van der Waals surface area contributed by atoms with E-state index < -0.39 is 12.0 Å².